The molecule has 2 aromatic carbocycles. The Bertz CT molecular complexity index is 1200. The fourth-order valence-corrected chi connectivity index (χ4v) is 3.89. The monoisotopic (exact) mass is 364 g/mol. The fourth-order valence-electron chi connectivity index (χ4n) is 2.86. The summed E-state index contributed by atoms with van der Waals surface area (Å²) in [7, 11) is 1.57. The zero-order valence-corrected chi connectivity index (χ0v) is 15.0. The Balaban J connectivity index is 1.84. The molecule has 6 heteroatoms. The molecule has 4 rings (SSSR count). The predicted molar refractivity (Wildman–Crippen MR) is 103 cm³/mol. The maximum absolute atomic E-state index is 12.7. The van der Waals surface area contributed by atoms with Crippen molar-refractivity contribution in [2.45, 2.75) is 6.54 Å². The Morgan fingerprint density at radius 1 is 1.31 bits per heavy atom. The van der Waals surface area contributed by atoms with E-state index >= 15 is 0 Å². The summed E-state index contributed by atoms with van der Waals surface area (Å²) >= 11 is 1.46. The highest BCUT2D eigenvalue weighted by atomic mass is 32.1. The van der Waals surface area contributed by atoms with Gasteiger partial charge in [-0.15, -0.1) is 6.58 Å². The molecule has 0 saturated heterocycles. The van der Waals surface area contributed by atoms with Gasteiger partial charge in [-0.25, -0.2) is 0 Å². The van der Waals surface area contributed by atoms with Crippen LogP contribution in [0.15, 0.2) is 70.6 Å². The first-order valence-corrected chi connectivity index (χ1v) is 8.88. The van der Waals surface area contributed by atoms with Crippen molar-refractivity contribution in [3.8, 4) is 5.75 Å². The van der Waals surface area contributed by atoms with Crippen molar-refractivity contribution in [2.75, 3.05) is 7.11 Å². The van der Waals surface area contributed by atoms with E-state index in [4.69, 9.17) is 9.15 Å². The summed E-state index contributed by atoms with van der Waals surface area (Å²) in [4.78, 5) is 17.6. The maximum Gasteiger partial charge on any atom is 0.315 e. The summed E-state index contributed by atoms with van der Waals surface area (Å²) in [6.45, 7) is 4.37. The molecular formula is C20H16N2O3S. The average Bonchev–Trinajstić information content (AvgIpc) is 3.24. The van der Waals surface area contributed by atoms with Crippen molar-refractivity contribution in [3.05, 3.63) is 71.7 Å². The number of carbonyl (C=O) groups excluding carboxylic acids is 1. The quantitative estimate of drug-likeness (QED) is 0.505. The van der Waals surface area contributed by atoms with E-state index in [1.807, 2.05) is 41.0 Å². The van der Waals surface area contributed by atoms with Gasteiger partial charge in [0.15, 0.2) is 21.9 Å². The summed E-state index contributed by atoms with van der Waals surface area (Å²) in [5.41, 5.74) is 1.57. The Morgan fingerprint density at radius 3 is 2.96 bits per heavy atom. The number of fused-ring (bicyclic) bond motifs is 2. The van der Waals surface area contributed by atoms with E-state index in [2.05, 4.69) is 11.6 Å². The SMILES string of the molecule is C=CCn1c(=NC(=O)c2cc3cccc(OC)c3o2)sc2ccccc21. The second-order valence-corrected chi connectivity index (χ2v) is 6.67. The van der Waals surface area contributed by atoms with Crippen molar-refractivity contribution < 1.29 is 13.9 Å². The Hall–Kier alpha value is -3.12. The minimum Gasteiger partial charge on any atom is -0.493 e. The summed E-state index contributed by atoms with van der Waals surface area (Å²) in [5, 5.41) is 0.804. The van der Waals surface area contributed by atoms with Crippen LogP contribution < -0.4 is 9.54 Å². The van der Waals surface area contributed by atoms with Gasteiger partial charge in [0.1, 0.15) is 0 Å². The largest absolute Gasteiger partial charge is 0.493 e. The molecule has 0 aliphatic heterocycles. The smallest absolute Gasteiger partial charge is 0.315 e. The van der Waals surface area contributed by atoms with Crippen LogP contribution in [-0.4, -0.2) is 17.6 Å². The van der Waals surface area contributed by atoms with Crippen molar-refractivity contribution >= 4 is 38.4 Å². The number of rotatable bonds is 4. The summed E-state index contributed by atoms with van der Waals surface area (Å²) in [6, 6.07) is 15.2. The molecule has 26 heavy (non-hydrogen) atoms. The van der Waals surface area contributed by atoms with Crippen LogP contribution in [0.2, 0.25) is 0 Å². The molecule has 0 aliphatic rings. The number of allylic oxidation sites excluding steroid dienone is 1. The number of nitrogens with zero attached hydrogens (tertiary/aromatic N) is 2. The number of furan rings is 1. The number of hydrogen-bond donors (Lipinski definition) is 0. The van der Waals surface area contributed by atoms with E-state index in [0.717, 1.165) is 15.6 Å². The van der Waals surface area contributed by atoms with Crippen molar-refractivity contribution in [1.82, 2.24) is 4.57 Å². The van der Waals surface area contributed by atoms with E-state index in [0.29, 0.717) is 22.7 Å². The van der Waals surface area contributed by atoms with Crippen LogP contribution in [-0.2, 0) is 6.54 Å². The minimum absolute atomic E-state index is 0.187. The van der Waals surface area contributed by atoms with Gasteiger partial charge in [-0.2, -0.15) is 4.99 Å². The van der Waals surface area contributed by atoms with E-state index in [-0.39, 0.29) is 5.76 Å². The highest BCUT2D eigenvalue weighted by Gasteiger charge is 2.15. The van der Waals surface area contributed by atoms with Crippen molar-refractivity contribution in [2.24, 2.45) is 4.99 Å². The number of hydrogen-bond acceptors (Lipinski definition) is 4. The summed E-state index contributed by atoms with van der Waals surface area (Å²) in [5.74, 6) is 0.352. The van der Waals surface area contributed by atoms with E-state index in [1.54, 1.807) is 25.3 Å². The second-order valence-electron chi connectivity index (χ2n) is 5.66. The van der Waals surface area contributed by atoms with Crippen molar-refractivity contribution in [1.29, 1.82) is 0 Å². The standard InChI is InChI=1S/C20H16N2O3S/c1-3-11-22-14-8-4-5-10-17(14)26-20(22)21-19(23)16-12-13-7-6-9-15(24-2)18(13)25-16/h3-10,12H,1,11H2,2H3. The lowest BCUT2D eigenvalue weighted by molar-refractivity contribution is 0.0973. The molecule has 5 nitrogen and oxygen atoms in total. The predicted octanol–water partition coefficient (Wildman–Crippen LogP) is 4.38. The summed E-state index contributed by atoms with van der Waals surface area (Å²) < 4.78 is 14.0. The normalized spacial score (nSPS) is 12.0. The number of ether oxygens (including phenoxy) is 1. The molecule has 130 valence electrons. The van der Waals surface area contributed by atoms with Crippen LogP contribution in [0.4, 0.5) is 0 Å². The first-order valence-electron chi connectivity index (χ1n) is 8.06. The van der Waals surface area contributed by atoms with Crippen LogP contribution >= 0.6 is 11.3 Å². The lowest BCUT2D eigenvalue weighted by Crippen LogP contribution is -2.16. The highest BCUT2D eigenvalue weighted by Crippen LogP contribution is 2.28. The number of carbonyl (C=O) groups is 1. The number of thiazole rings is 1. The summed E-state index contributed by atoms with van der Waals surface area (Å²) in [6.07, 6.45) is 1.79. The van der Waals surface area contributed by atoms with Crippen LogP contribution in [0.5, 0.6) is 5.75 Å². The van der Waals surface area contributed by atoms with Gasteiger partial charge in [-0.05, 0) is 24.3 Å². The van der Waals surface area contributed by atoms with E-state index < -0.39 is 5.91 Å². The zero-order chi connectivity index (χ0) is 18.1. The van der Waals surface area contributed by atoms with Crippen LogP contribution in [0.1, 0.15) is 10.6 Å². The molecule has 0 bridgehead atoms. The number of methoxy groups -OCH3 is 1. The van der Waals surface area contributed by atoms with Gasteiger partial charge in [-0.1, -0.05) is 41.7 Å². The fraction of sp³-hybridized carbons (Fsp3) is 0.100. The maximum atomic E-state index is 12.7. The molecule has 0 unspecified atom stereocenters. The molecule has 0 fully saturated rings. The molecule has 2 heterocycles. The molecule has 4 aromatic rings. The molecule has 1 amide bonds. The molecule has 0 saturated carbocycles. The molecule has 2 aromatic heterocycles. The third-order valence-electron chi connectivity index (χ3n) is 4.04. The van der Waals surface area contributed by atoms with Crippen LogP contribution in [0, 0.1) is 0 Å². The van der Waals surface area contributed by atoms with Crippen molar-refractivity contribution in [3.63, 3.8) is 0 Å². The molecule has 0 N–H and O–H groups in total. The number of benzene rings is 2. The third kappa shape index (κ3) is 2.74. The number of aromatic nitrogens is 1. The van der Waals surface area contributed by atoms with Gasteiger partial charge >= 0.3 is 5.91 Å². The first kappa shape index (κ1) is 16.4. The molecule has 0 atom stereocenters. The van der Waals surface area contributed by atoms with Gasteiger partial charge in [-0.3, -0.25) is 4.79 Å². The lowest BCUT2D eigenvalue weighted by atomic mass is 10.2. The Morgan fingerprint density at radius 2 is 2.15 bits per heavy atom. The highest BCUT2D eigenvalue weighted by molar-refractivity contribution is 7.16. The minimum atomic E-state index is -0.423. The second kappa shape index (κ2) is 6.65. The Labute approximate surface area is 153 Å². The first-order chi connectivity index (χ1) is 12.7. The lowest BCUT2D eigenvalue weighted by Gasteiger charge is -2.00. The number of amides is 1. The zero-order valence-electron chi connectivity index (χ0n) is 14.1. The van der Waals surface area contributed by atoms with Gasteiger partial charge in [0.25, 0.3) is 0 Å². The van der Waals surface area contributed by atoms with E-state index in [1.165, 1.54) is 11.3 Å². The van der Waals surface area contributed by atoms with Gasteiger partial charge in [0.2, 0.25) is 0 Å². The molecule has 0 radical (unpaired) electrons. The molecule has 0 spiro atoms. The van der Waals surface area contributed by atoms with Crippen LogP contribution in [0.3, 0.4) is 0 Å². The average molecular weight is 364 g/mol. The molecule has 0 aliphatic carbocycles. The Kier molecular flexibility index (Phi) is 4.18. The molecular weight excluding hydrogens is 348 g/mol. The number of para-hydroxylation sites is 2. The topological polar surface area (TPSA) is 56.7 Å². The van der Waals surface area contributed by atoms with Crippen LogP contribution in [0.25, 0.3) is 21.2 Å². The third-order valence-corrected chi connectivity index (χ3v) is 5.10. The van der Waals surface area contributed by atoms with Gasteiger partial charge in [0.05, 0.1) is 17.3 Å². The van der Waals surface area contributed by atoms with E-state index in [9.17, 15) is 4.79 Å². The van der Waals surface area contributed by atoms with Gasteiger partial charge < -0.3 is 13.7 Å². The van der Waals surface area contributed by atoms with Gasteiger partial charge in [0, 0.05) is 11.9 Å².